The van der Waals surface area contributed by atoms with Gasteiger partial charge in [-0.3, -0.25) is 4.79 Å². The molecule has 0 spiro atoms. The number of ether oxygens (including phenoxy) is 1. The van der Waals surface area contributed by atoms with E-state index in [1.54, 1.807) is 0 Å². The average Bonchev–Trinajstić information content (AvgIpc) is 2.90. The number of halogens is 1. The molecule has 2 aromatic rings. The van der Waals surface area contributed by atoms with Gasteiger partial charge in [0.25, 0.3) is 0 Å². The highest BCUT2D eigenvalue weighted by Crippen LogP contribution is 2.32. The topological polar surface area (TPSA) is 46.6 Å². The van der Waals surface area contributed by atoms with Gasteiger partial charge in [0, 0.05) is 4.47 Å². The fourth-order valence-electron chi connectivity index (χ4n) is 3.28. The Morgan fingerprint density at radius 1 is 1.15 bits per heavy atom. The van der Waals surface area contributed by atoms with E-state index < -0.39 is 17.6 Å². The predicted molar refractivity (Wildman–Crippen MR) is 104 cm³/mol. The molecule has 0 radical (unpaired) electrons. The van der Waals surface area contributed by atoms with Crippen molar-refractivity contribution < 1.29 is 14.3 Å². The third-order valence-corrected chi connectivity index (χ3v) is 5.49. The lowest BCUT2D eigenvalue weighted by atomic mass is 9.96. The van der Waals surface area contributed by atoms with E-state index >= 15 is 0 Å². The van der Waals surface area contributed by atoms with E-state index in [1.807, 2.05) is 68.4 Å². The van der Waals surface area contributed by atoms with Crippen molar-refractivity contribution in [3.8, 4) is 0 Å². The molecule has 136 valence electrons. The van der Waals surface area contributed by atoms with Gasteiger partial charge in [0.15, 0.2) is 0 Å². The van der Waals surface area contributed by atoms with Crippen LogP contribution < -0.4 is 0 Å². The number of benzene rings is 2. The summed E-state index contributed by atoms with van der Waals surface area (Å²) in [6, 6.07) is 17.6. The maximum absolute atomic E-state index is 13.3. The van der Waals surface area contributed by atoms with Crippen molar-refractivity contribution >= 4 is 27.9 Å². The van der Waals surface area contributed by atoms with Crippen molar-refractivity contribution in [3.63, 3.8) is 0 Å². The summed E-state index contributed by atoms with van der Waals surface area (Å²) in [5.41, 5.74) is 1.43. The summed E-state index contributed by atoms with van der Waals surface area (Å²) in [7, 11) is 0. The monoisotopic (exact) mass is 416 g/mol. The summed E-state index contributed by atoms with van der Waals surface area (Å²) in [6.45, 7) is 3.93. The van der Waals surface area contributed by atoms with Crippen LogP contribution in [0.2, 0.25) is 0 Å². The zero-order chi connectivity index (χ0) is 18.7. The van der Waals surface area contributed by atoms with Crippen LogP contribution in [0, 0.1) is 0 Å². The summed E-state index contributed by atoms with van der Waals surface area (Å²) >= 11 is 3.56. The second-order valence-corrected chi connectivity index (χ2v) is 7.99. The van der Waals surface area contributed by atoms with Gasteiger partial charge in [0.1, 0.15) is 6.61 Å². The summed E-state index contributed by atoms with van der Waals surface area (Å²) in [5, 5.41) is 0. The highest BCUT2D eigenvalue weighted by molar-refractivity contribution is 9.10. The Kier molecular flexibility index (Phi) is 5.47. The first-order valence-corrected chi connectivity index (χ1v) is 9.48. The van der Waals surface area contributed by atoms with Gasteiger partial charge in [-0.2, -0.15) is 0 Å². The Bertz CT molecular complexity index is 804. The summed E-state index contributed by atoms with van der Waals surface area (Å²) in [5.74, 6) is -0.594. The Balaban J connectivity index is 1.88. The third kappa shape index (κ3) is 3.83. The highest BCUT2D eigenvalue weighted by Gasteiger charge is 2.46. The predicted octanol–water partition coefficient (Wildman–Crippen LogP) is 4.92. The van der Waals surface area contributed by atoms with Gasteiger partial charge in [-0.05, 0) is 43.9 Å². The summed E-state index contributed by atoms with van der Waals surface area (Å²) < 4.78 is 6.16. The molecule has 1 atom stereocenters. The van der Waals surface area contributed by atoms with E-state index in [2.05, 4.69) is 15.9 Å². The molecule has 1 unspecified atom stereocenters. The van der Waals surface area contributed by atoms with E-state index in [9.17, 15) is 9.59 Å². The van der Waals surface area contributed by atoms with Crippen molar-refractivity contribution in [2.24, 2.45) is 0 Å². The number of carbonyl (C=O) groups is 2. The lowest BCUT2D eigenvalue weighted by molar-refractivity contribution is -0.132. The highest BCUT2D eigenvalue weighted by atomic mass is 79.9. The van der Waals surface area contributed by atoms with E-state index in [4.69, 9.17) is 4.74 Å². The molecule has 3 rings (SSSR count). The van der Waals surface area contributed by atoms with Crippen LogP contribution >= 0.6 is 15.9 Å². The zero-order valence-electron chi connectivity index (χ0n) is 14.9. The number of aryl methyl sites for hydroxylation is 1. The third-order valence-electron chi connectivity index (χ3n) is 4.72. The molecule has 5 heteroatoms. The number of carbonyl (C=O) groups excluding carboxylic acids is 2. The van der Waals surface area contributed by atoms with Gasteiger partial charge in [-0.15, -0.1) is 0 Å². The van der Waals surface area contributed by atoms with Gasteiger partial charge < -0.3 is 4.74 Å². The van der Waals surface area contributed by atoms with Crippen molar-refractivity contribution in [3.05, 3.63) is 70.2 Å². The first-order chi connectivity index (χ1) is 12.4. The van der Waals surface area contributed by atoms with Crippen molar-refractivity contribution in [1.82, 2.24) is 4.90 Å². The molecule has 1 aliphatic rings. The van der Waals surface area contributed by atoms with Crippen LogP contribution in [-0.4, -0.2) is 29.0 Å². The van der Waals surface area contributed by atoms with E-state index in [-0.39, 0.29) is 12.5 Å². The lowest BCUT2D eigenvalue weighted by Gasteiger charge is -2.30. The molecule has 1 heterocycles. The van der Waals surface area contributed by atoms with E-state index in [0.29, 0.717) is 6.42 Å². The lowest BCUT2D eigenvalue weighted by Crippen LogP contribution is -2.48. The zero-order valence-corrected chi connectivity index (χ0v) is 16.5. The van der Waals surface area contributed by atoms with Crippen LogP contribution in [0.15, 0.2) is 59.1 Å². The molecule has 0 saturated carbocycles. The van der Waals surface area contributed by atoms with E-state index in [0.717, 1.165) is 22.0 Å². The second-order valence-electron chi connectivity index (χ2n) is 7.13. The standard InChI is InChI=1S/C21H22BrNO3/c1-21(2)14-26-20(25)23(21)19(24)17(15-8-4-3-5-9-15)13-12-16-10-6-7-11-18(16)22/h3-11,17H,12-14H2,1-2H3/i19+1. The number of hydrogen-bond acceptors (Lipinski definition) is 3. The Morgan fingerprint density at radius 3 is 2.42 bits per heavy atom. The van der Waals surface area contributed by atoms with Crippen molar-refractivity contribution in [1.29, 1.82) is 0 Å². The molecule has 1 aliphatic heterocycles. The number of rotatable bonds is 5. The minimum absolute atomic E-state index is 0.198. The minimum Gasteiger partial charge on any atom is -0.447 e. The first-order valence-electron chi connectivity index (χ1n) is 8.69. The summed E-state index contributed by atoms with van der Waals surface area (Å²) in [6.07, 6.45) is 0.795. The Hall–Kier alpha value is -2.14. The largest absolute Gasteiger partial charge is 0.447 e. The van der Waals surface area contributed by atoms with Crippen LogP contribution in [0.3, 0.4) is 0 Å². The molecular formula is C21H22BrNO3. The van der Waals surface area contributed by atoms with Gasteiger partial charge in [-0.25, -0.2) is 9.69 Å². The Labute approximate surface area is 162 Å². The molecule has 0 bridgehead atoms. The number of cyclic esters (lactones) is 1. The average molecular weight is 417 g/mol. The van der Waals surface area contributed by atoms with Crippen LogP contribution in [0.5, 0.6) is 0 Å². The number of imide groups is 1. The van der Waals surface area contributed by atoms with Gasteiger partial charge in [0.2, 0.25) is 5.91 Å². The molecule has 0 N–H and O–H groups in total. The first kappa shape index (κ1) is 18.6. The molecule has 2 amide bonds. The molecule has 1 saturated heterocycles. The summed E-state index contributed by atoms with van der Waals surface area (Å²) in [4.78, 5) is 26.7. The maximum atomic E-state index is 13.3. The minimum atomic E-state index is -0.630. The maximum Gasteiger partial charge on any atom is 0.417 e. The number of hydrogen-bond donors (Lipinski definition) is 0. The van der Waals surface area contributed by atoms with Gasteiger partial charge in [0.05, 0.1) is 11.5 Å². The fourth-order valence-corrected chi connectivity index (χ4v) is 3.76. The molecule has 0 aromatic heterocycles. The number of amides is 2. The smallest absolute Gasteiger partial charge is 0.417 e. The van der Waals surface area contributed by atoms with E-state index in [1.165, 1.54) is 4.90 Å². The van der Waals surface area contributed by atoms with Crippen molar-refractivity contribution in [2.45, 2.75) is 38.1 Å². The van der Waals surface area contributed by atoms with Gasteiger partial charge >= 0.3 is 6.09 Å². The fraction of sp³-hybridized carbons (Fsp3) is 0.333. The molecular weight excluding hydrogens is 395 g/mol. The van der Waals surface area contributed by atoms with Crippen molar-refractivity contribution in [2.75, 3.05) is 6.61 Å². The molecule has 26 heavy (non-hydrogen) atoms. The molecule has 2 aromatic carbocycles. The second kappa shape index (κ2) is 7.62. The van der Waals surface area contributed by atoms with Crippen LogP contribution in [0.1, 0.15) is 37.3 Å². The molecule has 4 nitrogen and oxygen atoms in total. The van der Waals surface area contributed by atoms with Gasteiger partial charge in [-0.1, -0.05) is 64.5 Å². The SMILES string of the molecule is CC1(C)COC(=O)N1[13C](=O)C(CCc1ccccc1Br)c1ccccc1. The molecule has 0 aliphatic carbocycles. The van der Waals surface area contributed by atoms with Crippen LogP contribution in [0.4, 0.5) is 4.79 Å². The van der Waals surface area contributed by atoms with Crippen LogP contribution in [-0.2, 0) is 16.0 Å². The quantitative estimate of drug-likeness (QED) is 0.649. The van der Waals surface area contributed by atoms with Crippen LogP contribution in [0.25, 0.3) is 0 Å². The Morgan fingerprint density at radius 2 is 1.81 bits per heavy atom. The normalized spacial score (nSPS) is 17.0. The molecule has 1 fully saturated rings. The number of nitrogens with zero attached hydrogens (tertiary/aromatic N) is 1.